The Morgan fingerprint density at radius 3 is 2.67 bits per heavy atom. The van der Waals surface area contributed by atoms with Gasteiger partial charge in [0.2, 0.25) is 0 Å². The van der Waals surface area contributed by atoms with Gasteiger partial charge in [0, 0.05) is 7.11 Å². The molecule has 4 nitrogen and oxygen atoms in total. The second-order valence-electron chi connectivity index (χ2n) is 3.12. The van der Waals surface area contributed by atoms with E-state index >= 15 is 0 Å². The highest BCUT2D eigenvalue weighted by Crippen LogP contribution is 1.99. The smallest absolute Gasteiger partial charge is 0.272 e. The van der Waals surface area contributed by atoms with Crippen molar-refractivity contribution in [1.82, 2.24) is 5.48 Å². The molecule has 0 spiro atoms. The van der Waals surface area contributed by atoms with Gasteiger partial charge in [-0.2, -0.15) is 0 Å². The largest absolute Gasteiger partial charge is 0.372 e. The second kappa shape index (κ2) is 6.16. The van der Waals surface area contributed by atoms with Gasteiger partial charge >= 0.3 is 0 Å². The van der Waals surface area contributed by atoms with Crippen LogP contribution in [0, 0.1) is 0 Å². The zero-order chi connectivity index (χ0) is 11.1. The van der Waals surface area contributed by atoms with Crippen LogP contribution in [0.5, 0.6) is 0 Å². The highest BCUT2D eigenvalue weighted by Gasteiger charge is 2.10. The number of carbonyl (C=O) groups is 1. The van der Waals surface area contributed by atoms with Crippen LogP contribution in [0.1, 0.15) is 12.5 Å². The maximum absolute atomic E-state index is 11.2. The number of amides is 1. The fraction of sp³-hybridized carbons (Fsp3) is 0.364. The molecule has 0 aliphatic carbocycles. The van der Waals surface area contributed by atoms with E-state index in [1.807, 2.05) is 30.3 Å². The zero-order valence-corrected chi connectivity index (χ0v) is 8.90. The molecule has 0 saturated heterocycles. The molecule has 1 unspecified atom stereocenters. The summed E-state index contributed by atoms with van der Waals surface area (Å²) in [4.78, 5) is 16.2. The van der Waals surface area contributed by atoms with Gasteiger partial charge in [-0.1, -0.05) is 30.3 Å². The topological polar surface area (TPSA) is 47.6 Å². The van der Waals surface area contributed by atoms with Crippen LogP contribution in [-0.2, 0) is 21.0 Å². The summed E-state index contributed by atoms with van der Waals surface area (Å²) in [5.74, 6) is -0.284. The zero-order valence-electron chi connectivity index (χ0n) is 8.90. The Bertz CT molecular complexity index is 300. The van der Waals surface area contributed by atoms with Gasteiger partial charge in [0.25, 0.3) is 5.91 Å². The lowest BCUT2D eigenvalue weighted by Crippen LogP contribution is -2.33. The van der Waals surface area contributed by atoms with Crippen molar-refractivity contribution in [1.29, 1.82) is 0 Å². The molecule has 0 aliphatic heterocycles. The van der Waals surface area contributed by atoms with E-state index in [4.69, 9.17) is 9.57 Å². The van der Waals surface area contributed by atoms with E-state index in [1.165, 1.54) is 7.11 Å². The van der Waals surface area contributed by atoms with Crippen molar-refractivity contribution >= 4 is 5.91 Å². The number of benzene rings is 1. The van der Waals surface area contributed by atoms with E-state index in [0.717, 1.165) is 5.56 Å². The molecule has 0 bridgehead atoms. The number of rotatable bonds is 5. The molecule has 1 rings (SSSR count). The minimum Gasteiger partial charge on any atom is -0.372 e. The average Bonchev–Trinajstić information content (AvgIpc) is 2.29. The Balaban J connectivity index is 2.25. The van der Waals surface area contributed by atoms with Gasteiger partial charge in [-0.15, -0.1) is 0 Å². The van der Waals surface area contributed by atoms with Crippen molar-refractivity contribution in [3.63, 3.8) is 0 Å². The van der Waals surface area contributed by atoms with E-state index in [1.54, 1.807) is 6.92 Å². The van der Waals surface area contributed by atoms with E-state index in [2.05, 4.69) is 5.48 Å². The molecule has 4 heteroatoms. The summed E-state index contributed by atoms with van der Waals surface area (Å²) in [5.41, 5.74) is 3.32. The van der Waals surface area contributed by atoms with E-state index in [-0.39, 0.29) is 5.91 Å². The van der Waals surface area contributed by atoms with E-state index < -0.39 is 6.10 Å². The molecule has 0 saturated carbocycles. The molecule has 0 fully saturated rings. The number of hydroxylamine groups is 1. The predicted octanol–water partition coefficient (Wildman–Crippen LogP) is 1.27. The maximum Gasteiger partial charge on any atom is 0.272 e. The van der Waals surface area contributed by atoms with Crippen LogP contribution in [0.15, 0.2) is 30.3 Å². The Hall–Kier alpha value is -1.39. The summed E-state index contributed by atoms with van der Waals surface area (Å²) < 4.78 is 4.82. The van der Waals surface area contributed by atoms with Crippen molar-refractivity contribution in [2.75, 3.05) is 7.11 Å². The first-order chi connectivity index (χ1) is 7.24. The standard InChI is InChI=1S/C11H15NO3/c1-9(14-2)11(13)12-15-8-10-6-4-3-5-7-10/h3-7,9H,8H2,1-2H3,(H,12,13). The number of ether oxygens (including phenoxy) is 1. The monoisotopic (exact) mass is 209 g/mol. The molecule has 0 radical (unpaired) electrons. The molecule has 0 aliphatic rings. The minimum absolute atomic E-state index is 0.284. The van der Waals surface area contributed by atoms with Gasteiger partial charge in [-0.05, 0) is 12.5 Å². The van der Waals surface area contributed by atoms with Crippen LogP contribution >= 0.6 is 0 Å². The fourth-order valence-electron chi connectivity index (χ4n) is 0.955. The molecule has 1 atom stereocenters. The van der Waals surface area contributed by atoms with Crippen molar-refractivity contribution in [2.24, 2.45) is 0 Å². The molecule has 82 valence electrons. The first-order valence-corrected chi connectivity index (χ1v) is 4.72. The predicted molar refractivity (Wildman–Crippen MR) is 55.8 cm³/mol. The molecular formula is C11H15NO3. The third-order valence-corrected chi connectivity index (χ3v) is 1.98. The first-order valence-electron chi connectivity index (χ1n) is 4.72. The van der Waals surface area contributed by atoms with Crippen LogP contribution in [0.2, 0.25) is 0 Å². The summed E-state index contributed by atoms with van der Waals surface area (Å²) in [6.07, 6.45) is -0.499. The summed E-state index contributed by atoms with van der Waals surface area (Å²) in [5, 5.41) is 0. The summed E-state index contributed by atoms with van der Waals surface area (Å²) >= 11 is 0. The lowest BCUT2D eigenvalue weighted by Gasteiger charge is -2.10. The van der Waals surface area contributed by atoms with Gasteiger partial charge in [-0.3, -0.25) is 9.63 Å². The highest BCUT2D eigenvalue weighted by atomic mass is 16.7. The normalized spacial score (nSPS) is 12.1. The number of nitrogens with one attached hydrogen (secondary N) is 1. The highest BCUT2D eigenvalue weighted by molar-refractivity contribution is 5.79. The number of hydrogen-bond acceptors (Lipinski definition) is 3. The minimum atomic E-state index is -0.499. The molecule has 0 heterocycles. The number of methoxy groups -OCH3 is 1. The molecule has 1 amide bonds. The van der Waals surface area contributed by atoms with Crippen molar-refractivity contribution < 1.29 is 14.4 Å². The molecule has 0 aromatic heterocycles. The third kappa shape index (κ3) is 4.10. The number of carbonyl (C=O) groups excluding carboxylic acids is 1. The third-order valence-electron chi connectivity index (χ3n) is 1.98. The van der Waals surface area contributed by atoms with Crippen molar-refractivity contribution in [2.45, 2.75) is 19.6 Å². The summed E-state index contributed by atoms with van der Waals surface area (Å²) in [7, 11) is 1.47. The van der Waals surface area contributed by atoms with Gasteiger partial charge in [0.15, 0.2) is 0 Å². The van der Waals surface area contributed by atoms with Crippen LogP contribution in [0.4, 0.5) is 0 Å². The van der Waals surface area contributed by atoms with Gasteiger partial charge in [0.1, 0.15) is 6.10 Å². The lowest BCUT2D eigenvalue weighted by atomic mass is 10.2. The molecular weight excluding hydrogens is 194 g/mol. The summed E-state index contributed by atoms with van der Waals surface area (Å²) in [6, 6.07) is 9.60. The molecule has 1 aromatic rings. The Morgan fingerprint density at radius 2 is 2.07 bits per heavy atom. The van der Waals surface area contributed by atoms with Crippen LogP contribution < -0.4 is 5.48 Å². The van der Waals surface area contributed by atoms with Crippen LogP contribution in [0.3, 0.4) is 0 Å². The van der Waals surface area contributed by atoms with Crippen LogP contribution in [0.25, 0.3) is 0 Å². The van der Waals surface area contributed by atoms with Crippen LogP contribution in [-0.4, -0.2) is 19.1 Å². The Morgan fingerprint density at radius 1 is 1.40 bits per heavy atom. The SMILES string of the molecule is COC(C)C(=O)NOCc1ccccc1. The average molecular weight is 209 g/mol. The molecule has 1 N–H and O–H groups in total. The number of hydrogen-bond donors (Lipinski definition) is 1. The van der Waals surface area contributed by atoms with Gasteiger partial charge in [-0.25, -0.2) is 5.48 Å². The van der Waals surface area contributed by atoms with Gasteiger partial charge < -0.3 is 4.74 Å². The first kappa shape index (κ1) is 11.7. The van der Waals surface area contributed by atoms with E-state index in [0.29, 0.717) is 6.61 Å². The Labute approximate surface area is 89.1 Å². The quantitative estimate of drug-likeness (QED) is 0.743. The van der Waals surface area contributed by atoms with Crippen molar-refractivity contribution in [3.05, 3.63) is 35.9 Å². The summed E-state index contributed by atoms with van der Waals surface area (Å²) in [6.45, 7) is 2.00. The van der Waals surface area contributed by atoms with Crippen molar-refractivity contribution in [3.8, 4) is 0 Å². The lowest BCUT2D eigenvalue weighted by molar-refractivity contribution is -0.144. The second-order valence-corrected chi connectivity index (χ2v) is 3.12. The molecule has 1 aromatic carbocycles. The Kier molecular flexibility index (Phi) is 4.80. The maximum atomic E-state index is 11.2. The fourth-order valence-corrected chi connectivity index (χ4v) is 0.955. The molecule has 15 heavy (non-hydrogen) atoms. The van der Waals surface area contributed by atoms with E-state index in [9.17, 15) is 4.79 Å². The van der Waals surface area contributed by atoms with Gasteiger partial charge in [0.05, 0.1) is 6.61 Å².